The van der Waals surface area contributed by atoms with Gasteiger partial charge in [-0.2, -0.15) is 0 Å². The van der Waals surface area contributed by atoms with Crippen molar-refractivity contribution in [3.8, 4) is 0 Å². The van der Waals surface area contributed by atoms with Crippen LogP contribution in [0.3, 0.4) is 0 Å². The van der Waals surface area contributed by atoms with Crippen LogP contribution < -0.4 is 5.32 Å². The van der Waals surface area contributed by atoms with Crippen LogP contribution in [0.15, 0.2) is 18.2 Å². The van der Waals surface area contributed by atoms with Crippen molar-refractivity contribution in [1.29, 1.82) is 0 Å². The fourth-order valence-corrected chi connectivity index (χ4v) is 2.52. The fraction of sp³-hybridized carbons (Fsp3) is 0.533. The van der Waals surface area contributed by atoms with Gasteiger partial charge in [-0.15, -0.1) is 0 Å². The quantitative estimate of drug-likeness (QED) is 0.781. The van der Waals surface area contributed by atoms with E-state index in [9.17, 15) is 4.79 Å². The third-order valence-electron chi connectivity index (χ3n) is 3.46. The molecule has 0 saturated heterocycles. The maximum atomic E-state index is 12.3. The molecule has 0 aliphatic heterocycles. The van der Waals surface area contributed by atoms with E-state index in [0.717, 1.165) is 31.4 Å². The van der Waals surface area contributed by atoms with Crippen molar-refractivity contribution in [2.24, 2.45) is 0 Å². The Morgan fingerprint density at radius 2 is 2.10 bits per heavy atom. The monoisotopic (exact) mass is 314 g/mol. The SMILES string of the molecule is CNCCCC(=O)N(Cc1ccc(Cl)c(Cl)c1)C1CC1. The first-order valence-corrected chi connectivity index (χ1v) is 7.75. The van der Waals surface area contributed by atoms with E-state index in [-0.39, 0.29) is 5.91 Å². The topological polar surface area (TPSA) is 32.3 Å². The van der Waals surface area contributed by atoms with E-state index in [0.29, 0.717) is 29.1 Å². The van der Waals surface area contributed by atoms with Crippen molar-refractivity contribution in [1.82, 2.24) is 10.2 Å². The Kier molecular flexibility index (Phi) is 5.70. The van der Waals surface area contributed by atoms with E-state index in [1.54, 1.807) is 6.07 Å². The Morgan fingerprint density at radius 3 is 2.70 bits per heavy atom. The van der Waals surface area contributed by atoms with Gasteiger partial charge >= 0.3 is 0 Å². The average molecular weight is 315 g/mol. The number of carbonyl (C=O) groups excluding carboxylic acids is 1. The second-order valence-corrected chi connectivity index (χ2v) is 6.02. The number of halogens is 2. The van der Waals surface area contributed by atoms with E-state index in [4.69, 9.17) is 23.2 Å². The van der Waals surface area contributed by atoms with Crippen molar-refractivity contribution in [2.75, 3.05) is 13.6 Å². The Labute approximate surface area is 130 Å². The summed E-state index contributed by atoms with van der Waals surface area (Å²) in [6.07, 6.45) is 3.69. The van der Waals surface area contributed by atoms with Crippen LogP contribution in [0.5, 0.6) is 0 Å². The molecule has 1 aliphatic carbocycles. The third kappa shape index (κ3) is 4.37. The van der Waals surface area contributed by atoms with Crippen LogP contribution in [-0.4, -0.2) is 30.4 Å². The second-order valence-electron chi connectivity index (χ2n) is 5.21. The van der Waals surface area contributed by atoms with Crippen LogP contribution in [0.25, 0.3) is 0 Å². The molecule has 0 aromatic heterocycles. The smallest absolute Gasteiger partial charge is 0.223 e. The van der Waals surface area contributed by atoms with Gasteiger partial charge in [-0.3, -0.25) is 4.79 Å². The third-order valence-corrected chi connectivity index (χ3v) is 4.20. The first-order valence-electron chi connectivity index (χ1n) is 7.00. The highest BCUT2D eigenvalue weighted by atomic mass is 35.5. The standard InChI is InChI=1S/C15H20Cl2N2O/c1-18-8-2-3-15(20)19(12-5-6-12)10-11-4-7-13(16)14(17)9-11/h4,7,9,12,18H,2-3,5-6,8,10H2,1H3. The Hall–Kier alpha value is -0.770. The predicted octanol–water partition coefficient (Wildman–Crippen LogP) is 3.48. The summed E-state index contributed by atoms with van der Waals surface area (Å²) >= 11 is 12.0. The minimum absolute atomic E-state index is 0.230. The molecule has 1 saturated carbocycles. The first-order chi connectivity index (χ1) is 9.61. The van der Waals surface area contributed by atoms with Gasteiger partial charge in [0.2, 0.25) is 5.91 Å². The molecule has 110 valence electrons. The molecule has 1 fully saturated rings. The number of hydrogen-bond donors (Lipinski definition) is 1. The van der Waals surface area contributed by atoms with Gasteiger partial charge in [0, 0.05) is 19.0 Å². The molecule has 1 amide bonds. The summed E-state index contributed by atoms with van der Waals surface area (Å²) in [6, 6.07) is 5.98. The fourth-order valence-electron chi connectivity index (χ4n) is 2.20. The number of benzene rings is 1. The summed E-state index contributed by atoms with van der Waals surface area (Å²) in [7, 11) is 1.90. The van der Waals surface area contributed by atoms with Gasteiger partial charge in [-0.25, -0.2) is 0 Å². The molecule has 5 heteroatoms. The summed E-state index contributed by atoms with van der Waals surface area (Å²) in [6.45, 7) is 1.50. The molecular weight excluding hydrogens is 295 g/mol. The number of hydrogen-bond acceptors (Lipinski definition) is 2. The summed E-state index contributed by atoms with van der Waals surface area (Å²) in [4.78, 5) is 14.3. The van der Waals surface area contributed by atoms with Crippen LogP contribution in [0.2, 0.25) is 10.0 Å². The first kappa shape index (κ1) is 15.6. The van der Waals surface area contributed by atoms with Crippen LogP contribution in [0.4, 0.5) is 0 Å². The van der Waals surface area contributed by atoms with Crippen molar-refractivity contribution >= 4 is 29.1 Å². The zero-order chi connectivity index (χ0) is 14.5. The Morgan fingerprint density at radius 1 is 1.35 bits per heavy atom. The van der Waals surface area contributed by atoms with Gasteiger partial charge in [0.25, 0.3) is 0 Å². The lowest BCUT2D eigenvalue weighted by atomic mass is 10.2. The predicted molar refractivity (Wildman–Crippen MR) is 83.2 cm³/mol. The van der Waals surface area contributed by atoms with Crippen molar-refractivity contribution in [2.45, 2.75) is 38.3 Å². The second kappa shape index (κ2) is 7.30. The van der Waals surface area contributed by atoms with Crippen molar-refractivity contribution in [3.05, 3.63) is 33.8 Å². The zero-order valence-electron chi connectivity index (χ0n) is 11.7. The molecule has 1 aliphatic rings. The molecule has 0 heterocycles. The molecule has 1 N–H and O–H groups in total. The lowest BCUT2D eigenvalue weighted by Gasteiger charge is -2.23. The van der Waals surface area contributed by atoms with Gasteiger partial charge < -0.3 is 10.2 Å². The lowest BCUT2D eigenvalue weighted by Crippen LogP contribution is -2.32. The molecule has 0 radical (unpaired) electrons. The Balaban J connectivity index is 1.98. The van der Waals surface area contributed by atoms with Gasteiger partial charge in [-0.05, 0) is 50.6 Å². The Bertz CT molecular complexity index is 475. The molecule has 0 atom stereocenters. The summed E-state index contributed by atoms with van der Waals surface area (Å²) in [5.74, 6) is 0.230. The van der Waals surface area contributed by atoms with E-state index in [1.807, 2.05) is 24.1 Å². The highest BCUT2D eigenvalue weighted by molar-refractivity contribution is 6.42. The van der Waals surface area contributed by atoms with Gasteiger partial charge in [0.05, 0.1) is 10.0 Å². The minimum atomic E-state index is 0.230. The van der Waals surface area contributed by atoms with E-state index in [2.05, 4.69) is 5.32 Å². The molecule has 3 nitrogen and oxygen atoms in total. The number of nitrogens with one attached hydrogen (secondary N) is 1. The van der Waals surface area contributed by atoms with Crippen LogP contribution in [-0.2, 0) is 11.3 Å². The number of amides is 1. The average Bonchev–Trinajstić information content (AvgIpc) is 3.24. The summed E-state index contributed by atoms with van der Waals surface area (Å²) in [5.41, 5.74) is 1.04. The largest absolute Gasteiger partial charge is 0.335 e. The van der Waals surface area contributed by atoms with Crippen LogP contribution >= 0.6 is 23.2 Å². The molecule has 20 heavy (non-hydrogen) atoms. The number of rotatable bonds is 7. The van der Waals surface area contributed by atoms with Crippen molar-refractivity contribution < 1.29 is 4.79 Å². The number of nitrogens with zero attached hydrogens (tertiary/aromatic N) is 1. The molecule has 0 spiro atoms. The highest BCUT2D eigenvalue weighted by Gasteiger charge is 2.32. The van der Waals surface area contributed by atoms with Crippen molar-refractivity contribution in [3.63, 3.8) is 0 Å². The van der Waals surface area contributed by atoms with Gasteiger partial charge in [-0.1, -0.05) is 29.3 Å². The molecule has 0 bridgehead atoms. The van der Waals surface area contributed by atoms with Crippen LogP contribution in [0.1, 0.15) is 31.2 Å². The molecule has 2 rings (SSSR count). The summed E-state index contributed by atoms with van der Waals surface area (Å²) < 4.78 is 0. The normalized spacial score (nSPS) is 14.3. The minimum Gasteiger partial charge on any atom is -0.335 e. The van der Waals surface area contributed by atoms with E-state index < -0.39 is 0 Å². The van der Waals surface area contributed by atoms with Crippen LogP contribution in [0, 0.1) is 0 Å². The zero-order valence-corrected chi connectivity index (χ0v) is 13.2. The van der Waals surface area contributed by atoms with Gasteiger partial charge in [0.1, 0.15) is 0 Å². The maximum absolute atomic E-state index is 12.3. The maximum Gasteiger partial charge on any atom is 0.223 e. The molecule has 1 aromatic carbocycles. The molecular formula is C15H20Cl2N2O. The van der Waals surface area contributed by atoms with Gasteiger partial charge in [0.15, 0.2) is 0 Å². The number of carbonyl (C=O) groups is 1. The molecule has 0 unspecified atom stereocenters. The highest BCUT2D eigenvalue weighted by Crippen LogP contribution is 2.30. The summed E-state index contributed by atoms with van der Waals surface area (Å²) in [5, 5.41) is 4.16. The molecule has 1 aromatic rings. The van der Waals surface area contributed by atoms with E-state index in [1.165, 1.54) is 0 Å². The lowest BCUT2D eigenvalue weighted by molar-refractivity contribution is -0.132. The van der Waals surface area contributed by atoms with E-state index >= 15 is 0 Å².